The van der Waals surface area contributed by atoms with Crippen LogP contribution in [0.5, 0.6) is 0 Å². The van der Waals surface area contributed by atoms with E-state index in [0.29, 0.717) is 17.5 Å². The van der Waals surface area contributed by atoms with Gasteiger partial charge >= 0.3 is 0 Å². The van der Waals surface area contributed by atoms with Crippen LogP contribution >= 0.6 is 0 Å². The van der Waals surface area contributed by atoms with Gasteiger partial charge in [-0.05, 0) is 97.0 Å². The molecule has 2 aromatic heterocycles. The summed E-state index contributed by atoms with van der Waals surface area (Å²) in [6, 6.07) is 10.9. The number of nitrogens with zero attached hydrogens (tertiary/aromatic N) is 3. The number of hydrogen-bond acceptors (Lipinski definition) is 5. The van der Waals surface area contributed by atoms with E-state index in [4.69, 9.17) is 4.98 Å². The second-order valence-corrected chi connectivity index (χ2v) is 13.9. The lowest BCUT2D eigenvalue weighted by molar-refractivity contribution is 0.0943. The van der Waals surface area contributed by atoms with E-state index in [1.807, 2.05) is 45.4 Å². The van der Waals surface area contributed by atoms with E-state index in [9.17, 15) is 13.2 Å². The van der Waals surface area contributed by atoms with Crippen LogP contribution in [0, 0.1) is 6.92 Å². The molecule has 40 heavy (non-hydrogen) atoms. The standard InChI is InChI=1S/C31H43N5O3S/c1-5-40(38,39)34-24-9-11-25(12-10-24)35-17-14-23(15-18-35)29-30-27(7-6-16-36(30)20-32-29)26-13-8-22(4)19-28(26)31(37)33-21(2)3/h6-8,13,16,19-21,23-25,34H,5,9-12,14-15,17-18H2,1-4H3,(H,33,37). The highest BCUT2D eigenvalue weighted by Gasteiger charge is 2.32. The third kappa shape index (κ3) is 6.26. The van der Waals surface area contributed by atoms with Crippen LogP contribution in [0.15, 0.2) is 42.9 Å². The van der Waals surface area contributed by atoms with Crippen molar-refractivity contribution in [1.29, 1.82) is 0 Å². The van der Waals surface area contributed by atoms with Gasteiger partial charge in [-0.25, -0.2) is 18.1 Å². The number of hydrogen-bond donors (Lipinski definition) is 2. The molecular formula is C31H43N5O3S. The molecule has 1 saturated carbocycles. The predicted molar refractivity (Wildman–Crippen MR) is 160 cm³/mol. The zero-order chi connectivity index (χ0) is 28.4. The molecule has 1 amide bonds. The van der Waals surface area contributed by atoms with Gasteiger partial charge in [0.15, 0.2) is 0 Å². The van der Waals surface area contributed by atoms with Gasteiger partial charge in [-0.3, -0.25) is 4.79 Å². The van der Waals surface area contributed by atoms with Crippen LogP contribution < -0.4 is 10.0 Å². The molecule has 1 aromatic carbocycles. The van der Waals surface area contributed by atoms with Gasteiger partial charge < -0.3 is 14.6 Å². The van der Waals surface area contributed by atoms with E-state index in [1.165, 1.54) is 0 Å². The van der Waals surface area contributed by atoms with E-state index >= 15 is 0 Å². The summed E-state index contributed by atoms with van der Waals surface area (Å²) < 4.78 is 28.9. The van der Waals surface area contributed by atoms with Crippen molar-refractivity contribution < 1.29 is 13.2 Å². The Kier molecular flexibility index (Phi) is 8.63. The van der Waals surface area contributed by atoms with E-state index in [-0.39, 0.29) is 23.7 Å². The number of nitrogens with one attached hydrogen (secondary N) is 2. The number of piperidine rings is 1. The Balaban J connectivity index is 1.33. The number of carbonyl (C=O) groups excluding carboxylic acids is 1. The van der Waals surface area contributed by atoms with Crippen molar-refractivity contribution in [3.8, 4) is 11.1 Å². The maximum atomic E-state index is 13.2. The average molecular weight is 566 g/mol. The molecule has 216 valence electrons. The van der Waals surface area contributed by atoms with Gasteiger partial charge in [-0.1, -0.05) is 23.8 Å². The van der Waals surface area contributed by atoms with Gasteiger partial charge in [0.1, 0.15) is 0 Å². The predicted octanol–water partition coefficient (Wildman–Crippen LogP) is 4.88. The summed E-state index contributed by atoms with van der Waals surface area (Å²) in [6.07, 6.45) is 9.90. The van der Waals surface area contributed by atoms with Gasteiger partial charge in [0.2, 0.25) is 10.0 Å². The second kappa shape index (κ2) is 12.0. The second-order valence-electron chi connectivity index (χ2n) is 11.8. The highest BCUT2D eigenvalue weighted by atomic mass is 32.2. The minimum Gasteiger partial charge on any atom is -0.350 e. The molecule has 1 aliphatic heterocycles. The lowest BCUT2D eigenvalue weighted by Gasteiger charge is -2.40. The Labute approximate surface area is 238 Å². The molecule has 0 radical (unpaired) electrons. The number of rotatable bonds is 8. The summed E-state index contributed by atoms with van der Waals surface area (Å²) in [5, 5.41) is 3.07. The number of carbonyl (C=O) groups is 1. The average Bonchev–Trinajstić information content (AvgIpc) is 3.38. The van der Waals surface area contributed by atoms with Crippen molar-refractivity contribution in [1.82, 2.24) is 24.3 Å². The highest BCUT2D eigenvalue weighted by Crippen LogP contribution is 2.37. The summed E-state index contributed by atoms with van der Waals surface area (Å²) in [5.74, 6) is 0.442. The number of amides is 1. The number of aryl methyl sites for hydroxylation is 1. The molecule has 2 fully saturated rings. The molecule has 1 aliphatic carbocycles. The smallest absolute Gasteiger partial charge is 0.252 e. The topological polar surface area (TPSA) is 95.8 Å². The maximum Gasteiger partial charge on any atom is 0.252 e. The first-order valence-corrected chi connectivity index (χ1v) is 16.4. The molecular weight excluding hydrogens is 522 g/mol. The first-order chi connectivity index (χ1) is 19.1. The van der Waals surface area contributed by atoms with Gasteiger partial charge in [0.25, 0.3) is 5.91 Å². The van der Waals surface area contributed by atoms with Crippen LogP contribution in [-0.4, -0.2) is 65.6 Å². The Bertz CT molecular complexity index is 1450. The molecule has 0 unspecified atom stereocenters. The lowest BCUT2D eigenvalue weighted by Crippen LogP contribution is -2.46. The number of imidazole rings is 1. The minimum absolute atomic E-state index is 0.0534. The van der Waals surface area contributed by atoms with Crippen LogP contribution in [0.4, 0.5) is 0 Å². The zero-order valence-electron chi connectivity index (χ0n) is 24.2. The minimum atomic E-state index is -3.15. The number of likely N-dealkylation sites (tertiary alicyclic amines) is 1. The summed E-state index contributed by atoms with van der Waals surface area (Å²) in [4.78, 5) is 20.7. The number of benzene rings is 1. The van der Waals surface area contributed by atoms with Crippen molar-refractivity contribution in [2.75, 3.05) is 18.8 Å². The largest absolute Gasteiger partial charge is 0.350 e. The molecule has 8 nitrogen and oxygen atoms in total. The third-order valence-electron chi connectivity index (χ3n) is 8.57. The quantitative estimate of drug-likeness (QED) is 0.406. The monoisotopic (exact) mass is 565 g/mol. The van der Waals surface area contributed by atoms with Crippen LogP contribution in [0.25, 0.3) is 16.6 Å². The molecule has 9 heteroatoms. The Hall–Kier alpha value is -2.75. The molecule has 3 heterocycles. The highest BCUT2D eigenvalue weighted by molar-refractivity contribution is 7.89. The van der Waals surface area contributed by atoms with E-state index < -0.39 is 10.0 Å². The van der Waals surface area contributed by atoms with E-state index in [2.05, 4.69) is 37.5 Å². The maximum absolute atomic E-state index is 13.2. The number of aromatic nitrogens is 2. The van der Waals surface area contributed by atoms with Crippen molar-refractivity contribution in [3.05, 3.63) is 59.7 Å². The van der Waals surface area contributed by atoms with Crippen molar-refractivity contribution in [2.24, 2.45) is 0 Å². The van der Waals surface area contributed by atoms with E-state index in [0.717, 1.165) is 79.5 Å². The molecule has 0 atom stereocenters. The summed E-state index contributed by atoms with van der Waals surface area (Å²) in [7, 11) is -3.15. The Morgan fingerprint density at radius 2 is 1.77 bits per heavy atom. The first-order valence-electron chi connectivity index (χ1n) is 14.8. The van der Waals surface area contributed by atoms with Gasteiger partial charge in [0, 0.05) is 41.4 Å². The van der Waals surface area contributed by atoms with E-state index in [1.54, 1.807) is 6.92 Å². The summed E-state index contributed by atoms with van der Waals surface area (Å²) >= 11 is 0. The Morgan fingerprint density at radius 1 is 1.05 bits per heavy atom. The molecule has 2 N–H and O–H groups in total. The fourth-order valence-corrected chi connectivity index (χ4v) is 7.36. The zero-order valence-corrected chi connectivity index (χ0v) is 25.0. The van der Waals surface area contributed by atoms with Gasteiger partial charge in [-0.2, -0.15) is 0 Å². The van der Waals surface area contributed by atoms with Gasteiger partial charge in [-0.15, -0.1) is 0 Å². The molecule has 0 spiro atoms. The molecule has 5 rings (SSSR count). The first kappa shape index (κ1) is 28.8. The number of fused-ring (bicyclic) bond motifs is 1. The molecule has 2 aliphatic rings. The van der Waals surface area contributed by atoms with Crippen LogP contribution in [0.2, 0.25) is 0 Å². The van der Waals surface area contributed by atoms with Gasteiger partial charge in [0.05, 0.1) is 23.3 Å². The normalized spacial score (nSPS) is 21.2. The van der Waals surface area contributed by atoms with Crippen LogP contribution in [0.1, 0.15) is 86.8 Å². The van der Waals surface area contributed by atoms with Crippen LogP contribution in [0.3, 0.4) is 0 Å². The number of sulfonamides is 1. The molecule has 0 bridgehead atoms. The fraction of sp³-hybridized carbons (Fsp3) is 0.548. The third-order valence-corrected chi connectivity index (χ3v) is 10.0. The number of pyridine rings is 1. The fourth-order valence-electron chi connectivity index (χ4n) is 6.45. The SMILES string of the molecule is CCS(=O)(=O)NC1CCC(N2CCC(c3ncn4cccc(-c5ccc(C)cc5C(=O)NC(C)C)c34)CC2)CC1. The molecule has 1 saturated heterocycles. The Morgan fingerprint density at radius 3 is 2.45 bits per heavy atom. The molecule has 3 aromatic rings. The van der Waals surface area contributed by atoms with Crippen molar-refractivity contribution >= 4 is 21.4 Å². The lowest BCUT2D eigenvalue weighted by atomic mass is 9.86. The van der Waals surface area contributed by atoms with Crippen LogP contribution in [-0.2, 0) is 10.0 Å². The van der Waals surface area contributed by atoms with Crippen molar-refractivity contribution in [3.63, 3.8) is 0 Å². The summed E-state index contributed by atoms with van der Waals surface area (Å²) in [6.45, 7) is 9.71. The summed E-state index contributed by atoms with van der Waals surface area (Å²) in [5.41, 5.74) is 5.93. The van der Waals surface area contributed by atoms with Crippen molar-refractivity contribution in [2.45, 2.75) is 90.3 Å².